The highest BCUT2D eigenvalue weighted by atomic mass is 19.1. The van der Waals surface area contributed by atoms with E-state index in [0.717, 1.165) is 6.07 Å². The van der Waals surface area contributed by atoms with E-state index >= 15 is 0 Å². The van der Waals surface area contributed by atoms with E-state index in [4.69, 9.17) is 12.1 Å². The molecule has 0 saturated carbocycles. The van der Waals surface area contributed by atoms with E-state index in [9.17, 15) is 13.9 Å². The predicted octanol–water partition coefficient (Wildman–Crippen LogP) is 3.29. The maximum absolute atomic E-state index is 14.3. The van der Waals surface area contributed by atoms with Crippen molar-refractivity contribution >= 4 is 23.4 Å². The average molecular weight is 338 g/mol. The molecule has 24 heavy (non-hydrogen) atoms. The van der Waals surface area contributed by atoms with Crippen LogP contribution in [-0.2, 0) is 9.31 Å². The third-order valence-electron chi connectivity index (χ3n) is 4.69. The summed E-state index contributed by atoms with van der Waals surface area (Å²) in [5.41, 5.74) is -1.17. The summed E-state index contributed by atoms with van der Waals surface area (Å²) in [6, 6.07) is 5.03. The Morgan fingerprint density at radius 2 is 1.83 bits per heavy atom. The first-order valence-electron chi connectivity index (χ1n) is 8.49. The van der Waals surface area contributed by atoms with Gasteiger partial charge in [-0.1, -0.05) is 6.07 Å². The van der Waals surface area contributed by atoms with Crippen molar-refractivity contribution in [2.45, 2.75) is 38.9 Å². The Morgan fingerprint density at radius 3 is 2.42 bits per heavy atom. The molecule has 0 unspecified atom stereocenters. The van der Waals surface area contributed by atoms with E-state index in [2.05, 4.69) is 4.74 Å². The fourth-order valence-corrected chi connectivity index (χ4v) is 2.72. The van der Waals surface area contributed by atoms with Crippen LogP contribution in [0.5, 0.6) is 11.5 Å². The number of phenols is 1. The fraction of sp³-hybridized carbons (Fsp3) is 0.412. The van der Waals surface area contributed by atoms with Gasteiger partial charge in [0, 0.05) is 5.39 Å². The van der Waals surface area contributed by atoms with Crippen LogP contribution in [0.15, 0.2) is 24.3 Å². The Morgan fingerprint density at radius 1 is 1.21 bits per heavy atom. The first-order valence-corrected chi connectivity index (χ1v) is 7.49. The number of halogens is 2. The number of phenolic OH excluding ortho intramolecular Hbond substituents is 1. The average Bonchev–Trinajstić information content (AvgIpc) is 2.68. The zero-order valence-corrected chi connectivity index (χ0v) is 13.8. The molecule has 0 amide bonds. The summed E-state index contributed by atoms with van der Waals surface area (Å²) in [4.78, 5) is 0. The van der Waals surface area contributed by atoms with E-state index in [1.165, 1.54) is 18.2 Å². The van der Waals surface area contributed by atoms with Crippen molar-refractivity contribution < 1.29 is 30.7 Å². The van der Waals surface area contributed by atoms with Crippen molar-refractivity contribution in [3.63, 3.8) is 0 Å². The highest BCUT2D eigenvalue weighted by Gasteiger charge is 2.52. The second-order valence-corrected chi connectivity index (χ2v) is 6.78. The van der Waals surface area contributed by atoms with Gasteiger partial charge in [0.1, 0.15) is 8.49 Å². The van der Waals surface area contributed by atoms with Crippen LogP contribution < -0.4 is 10.2 Å². The number of fused-ring (bicyclic) bond motifs is 1. The molecule has 128 valence electrons. The summed E-state index contributed by atoms with van der Waals surface area (Å²) in [7, 11) is -0.982. The largest absolute Gasteiger partial charge is 0.508 e. The molecule has 1 fully saturated rings. The second-order valence-electron chi connectivity index (χ2n) is 6.78. The smallest absolute Gasteiger partial charge is 0.495 e. The molecule has 2 aromatic rings. The van der Waals surface area contributed by atoms with E-state index in [0.29, 0.717) is 5.39 Å². The normalized spacial score (nSPS) is 20.8. The molecule has 0 bridgehead atoms. The number of benzene rings is 2. The molecule has 2 aromatic carbocycles. The van der Waals surface area contributed by atoms with Gasteiger partial charge in [0.05, 0.1) is 11.2 Å². The van der Waals surface area contributed by atoms with Crippen LogP contribution in [0.1, 0.15) is 30.4 Å². The summed E-state index contributed by atoms with van der Waals surface area (Å²) in [5.74, 6) is -1.68. The van der Waals surface area contributed by atoms with Crippen LogP contribution >= 0.6 is 0 Å². The van der Waals surface area contributed by atoms with Crippen molar-refractivity contribution in [1.82, 2.24) is 0 Å². The zero-order chi connectivity index (χ0) is 19.5. The van der Waals surface area contributed by atoms with Crippen molar-refractivity contribution in [3.05, 3.63) is 30.1 Å². The number of ether oxygens (including phenoxy) is 1. The number of alkyl halides is 1. The van der Waals surface area contributed by atoms with Crippen LogP contribution in [-0.4, -0.2) is 30.2 Å². The highest BCUT2D eigenvalue weighted by Crippen LogP contribution is 2.38. The summed E-state index contributed by atoms with van der Waals surface area (Å²) in [6.07, 6.45) is 0. The Labute approximate surface area is 142 Å². The van der Waals surface area contributed by atoms with E-state index in [-0.39, 0.29) is 16.6 Å². The molecule has 0 spiro atoms. The summed E-state index contributed by atoms with van der Waals surface area (Å²) in [6.45, 7) is 3.74. The Kier molecular flexibility index (Phi) is 3.38. The maximum atomic E-state index is 14.3. The van der Waals surface area contributed by atoms with Crippen LogP contribution in [0.3, 0.4) is 0 Å². The third kappa shape index (κ3) is 2.61. The van der Waals surface area contributed by atoms with Crippen LogP contribution in [0, 0.1) is 5.82 Å². The number of hydrogen-bond acceptors (Lipinski definition) is 4. The van der Waals surface area contributed by atoms with E-state index in [1.807, 2.05) is 27.7 Å². The second kappa shape index (κ2) is 5.60. The monoisotopic (exact) mass is 338 g/mol. The molecule has 7 heteroatoms. The van der Waals surface area contributed by atoms with Crippen LogP contribution in [0.4, 0.5) is 8.78 Å². The minimum Gasteiger partial charge on any atom is -0.508 e. The van der Waals surface area contributed by atoms with Gasteiger partial charge in [0.2, 0.25) is 6.81 Å². The first-order chi connectivity index (χ1) is 11.8. The third-order valence-corrected chi connectivity index (χ3v) is 4.69. The lowest BCUT2D eigenvalue weighted by atomic mass is 9.75. The van der Waals surface area contributed by atoms with Gasteiger partial charge < -0.3 is 19.2 Å². The van der Waals surface area contributed by atoms with Gasteiger partial charge in [-0.15, -0.1) is 0 Å². The lowest BCUT2D eigenvalue weighted by molar-refractivity contribution is 0.00578. The minimum atomic E-state index is -3.58. The van der Waals surface area contributed by atoms with Gasteiger partial charge in [-0.05, 0) is 56.7 Å². The summed E-state index contributed by atoms with van der Waals surface area (Å²) in [5, 5.41) is 10.4. The standard InChI is InChI=1S/C17H19BF2O4/c1-16(2)17(3,4)24-18(23-16)12-8-11(21)7-10-5-6-13(20)15(14(10)12)22-9-19/h5-8,21H,9H2,1-4H3/i9D2. The highest BCUT2D eigenvalue weighted by molar-refractivity contribution is 6.65. The van der Waals surface area contributed by atoms with Crippen molar-refractivity contribution in [1.29, 1.82) is 0 Å². The van der Waals surface area contributed by atoms with Gasteiger partial charge in [0.15, 0.2) is 11.6 Å². The molecule has 0 radical (unpaired) electrons. The van der Waals surface area contributed by atoms with Crippen molar-refractivity contribution in [2.75, 3.05) is 6.81 Å². The summed E-state index contributed by atoms with van der Waals surface area (Å²) < 4.78 is 58.2. The topological polar surface area (TPSA) is 47.9 Å². The Bertz CT molecular complexity index is 852. The lowest BCUT2D eigenvalue weighted by Crippen LogP contribution is -2.41. The zero-order valence-electron chi connectivity index (χ0n) is 15.8. The van der Waals surface area contributed by atoms with Crippen molar-refractivity contribution in [2.24, 2.45) is 0 Å². The minimum absolute atomic E-state index is 0.0721. The van der Waals surface area contributed by atoms with Gasteiger partial charge in [-0.2, -0.15) is 0 Å². The number of rotatable bonds is 3. The molecule has 1 N–H and O–H groups in total. The van der Waals surface area contributed by atoms with Gasteiger partial charge >= 0.3 is 7.12 Å². The van der Waals surface area contributed by atoms with Gasteiger partial charge in [-0.3, -0.25) is 0 Å². The molecular weight excluding hydrogens is 317 g/mol. The molecule has 0 atom stereocenters. The predicted molar refractivity (Wildman–Crippen MR) is 87.9 cm³/mol. The van der Waals surface area contributed by atoms with Gasteiger partial charge in [0.25, 0.3) is 0 Å². The van der Waals surface area contributed by atoms with Crippen LogP contribution in [0.25, 0.3) is 10.8 Å². The molecular formula is C17H19BF2O4. The van der Waals surface area contributed by atoms with E-state index < -0.39 is 36.7 Å². The molecule has 1 aliphatic rings. The molecule has 0 aromatic heterocycles. The quantitative estimate of drug-likeness (QED) is 0.873. The van der Waals surface area contributed by atoms with Crippen molar-refractivity contribution in [3.8, 4) is 11.5 Å². The molecule has 4 nitrogen and oxygen atoms in total. The Balaban J connectivity index is 2.24. The molecule has 3 rings (SSSR count). The van der Waals surface area contributed by atoms with E-state index in [1.54, 1.807) is 0 Å². The van der Waals surface area contributed by atoms with Crippen LogP contribution in [0.2, 0.25) is 0 Å². The molecule has 1 heterocycles. The number of aromatic hydroxyl groups is 1. The lowest BCUT2D eigenvalue weighted by Gasteiger charge is -2.32. The van der Waals surface area contributed by atoms with Gasteiger partial charge in [-0.25, -0.2) is 8.78 Å². The maximum Gasteiger partial charge on any atom is 0.495 e. The fourth-order valence-electron chi connectivity index (χ4n) is 2.72. The Hall–Kier alpha value is -1.86. The molecule has 1 saturated heterocycles. The first kappa shape index (κ1) is 14.5. The number of hydrogen-bond donors (Lipinski definition) is 1. The SMILES string of the molecule is [2H]C([2H])(F)Oc1c(F)ccc2cc(O)cc(B3OC(C)(C)C(C)(C)O3)c12. The summed E-state index contributed by atoms with van der Waals surface area (Å²) >= 11 is 0. The molecule has 1 aliphatic heterocycles. The molecule has 0 aliphatic carbocycles.